The Labute approximate surface area is 216 Å². The summed E-state index contributed by atoms with van der Waals surface area (Å²) in [6, 6.07) is 19.8. The summed E-state index contributed by atoms with van der Waals surface area (Å²) < 4.78 is 28.0. The Morgan fingerprint density at radius 3 is 2.27 bits per heavy atom. The lowest BCUT2D eigenvalue weighted by atomic mass is 10.1. The number of amidine groups is 1. The number of nitrogens with one attached hydrogen (secondary N) is 4. The van der Waals surface area contributed by atoms with Gasteiger partial charge in [0.1, 0.15) is 11.9 Å². The van der Waals surface area contributed by atoms with Crippen molar-refractivity contribution in [2.24, 2.45) is 5.73 Å². The highest BCUT2D eigenvalue weighted by Gasteiger charge is 2.25. The van der Waals surface area contributed by atoms with Gasteiger partial charge >= 0.3 is 0 Å². The van der Waals surface area contributed by atoms with E-state index < -0.39 is 27.9 Å². The summed E-state index contributed by atoms with van der Waals surface area (Å²) in [4.78, 5) is 29.4. The summed E-state index contributed by atoms with van der Waals surface area (Å²) in [7, 11) is -3.83. The fraction of sp³-hybridized carbons (Fsp3) is 0.231. The fourth-order valence-corrected chi connectivity index (χ4v) is 4.86. The molecule has 194 valence electrons. The van der Waals surface area contributed by atoms with E-state index in [9.17, 15) is 18.0 Å². The zero-order chi connectivity index (χ0) is 26.7. The van der Waals surface area contributed by atoms with Gasteiger partial charge in [-0.2, -0.15) is 0 Å². The molecule has 0 radical (unpaired) electrons. The summed E-state index contributed by atoms with van der Waals surface area (Å²) in [5.41, 5.74) is 8.12. The van der Waals surface area contributed by atoms with E-state index in [0.717, 1.165) is 11.3 Å². The SMILES string of the molecule is N=C(N)c1ccc(CNC(=O)CNC(=O)C(CCc2ccccn2)NS(=O)(=O)Cc2ccccc2)cc1. The van der Waals surface area contributed by atoms with E-state index in [1.54, 1.807) is 72.9 Å². The normalized spacial score (nSPS) is 11.9. The van der Waals surface area contributed by atoms with Gasteiger partial charge in [-0.3, -0.25) is 20.0 Å². The number of sulfonamides is 1. The second-order valence-electron chi connectivity index (χ2n) is 8.38. The average Bonchev–Trinajstić information content (AvgIpc) is 2.89. The van der Waals surface area contributed by atoms with Crippen molar-refractivity contribution in [3.8, 4) is 0 Å². The molecule has 1 unspecified atom stereocenters. The van der Waals surface area contributed by atoms with Gasteiger partial charge < -0.3 is 16.4 Å². The molecule has 0 aliphatic heterocycles. The summed E-state index contributed by atoms with van der Waals surface area (Å²) >= 11 is 0. The second kappa shape index (κ2) is 13.3. The minimum atomic E-state index is -3.83. The standard InChI is InChI=1S/C26H30N6O4S/c27-25(28)21-11-9-19(10-12-21)16-30-24(33)17-31-26(34)23(14-13-22-8-4-5-15-29-22)32-37(35,36)18-20-6-2-1-3-7-20/h1-12,15,23,32H,13-14,16-18H2,(H3,27,28)(H,30,33)(H,31,34). The van der Waals surface area contributed by atoms with Gasteiger partial charge in [0.2, 0.25) is 21.8 Å². The van der Waals surface area contributed by atoms with Crippen LogP contribution in [-0.2, 0) is 38.3 Å². The predicted octanol–water partition coefficient (Wildman–Crippen LogP) is 1.22. The van der Waals surface area contributed by atoms with Crippen LogP contribution in [0.3, 0.4) is 0 Å². The highest BCUT2D eigenvalue weighted by atomic mass is 32.2. The second-order valence-corrected chi connectivity index (χ2v) is 10.1. The van der Waals surface area contributed by atoms with Crippen LogP contribution in [0.1, 0.15) is 28.8 Å². The molecule has 3 aromatic rings. The molecule has 0 saturated carbocycles. The molecule has 0 fully saturated rings. The number of pyridine rings is 1. The maximum Gasteiger partial charge on any atom is 0.239 e. The maximum absolute atomic E-state index is 12.9. The number of nitrogens with zero attached hydrogens (tertiary/aromatic N) is 1. The van der Waals surface area contributed by atoms with Crippen LogP contribution in [0.5, 0.6) is 0 Å². The number of amides is 2. The van der Waals surface area contributed by atoms with Crippen LogP contribution in [-0.4, -0.2) is 43.6 Å². The van der Waals surface area contributed by atoms with Crippen molar-refractivity contribution in [1.82, 2.24) is 20.3 Å². The minimum absolute atomic E-state index is 0.0460. The topological polar surface area (TPSA) is 167 Å². The Hall–Kier alpha value is -4.09. The van der Waals surface area contributed by atoms with Crippen molar-refractivity contribution in [2.75, 3.05) is 6.54 Å². The third-order valence-electron chi connectivity index (χ3n) is 5.43. The Kier molecular flexibility index (Phi) is 9.87. The van der Waals surface area contributed by atoms with Gasteiger partial charge in [0, 0.05) is 24.0 Å². The van der Waals surface area contributed by atoms with Crippen LogP contribution < -0.4 is 21.1 Å². The van der Waals surface area contributed by atoms with E-state index in [1.807, 2.05) is 6.07 Å². The van der Waals surface area contributed by atoms with Crippen LogP contribution in [0.25, 0.3) is 0 Å². The van der Waals surface area contributed by atoms with Gasteiger partial charge in [-0.05, 0) is 36.1 Å². The number of nitrogens with two attached hydrogens (primary N) is 1. The van der Waals surface area contributed by atoms with E-state index in [0.29, 0.717) is 17.5 Å². The highest BCUT2D eigenvalue weighted by molar-refractivity contribution is 7.88. The number of hydrogen-bond acceptors (Lipinski definition) is 6. The van der Waals surface area contributed by atoms with Crippen LogP contribution >= 0.6 is 0 Å². The molecule has 1 atom stereocenters. The number of nitrogen functional groups attached to an aromatic ring is 1. The van der Waals surface area contributed by atoms with Gasteiger partial charge in [0.05, 0.1) is 12.3 Å². The Morgan fingerprint density at radius 1 is 0.919 bits per heavy atom. The molecule has 0 aliphatic carbocycles. The van der Waals surface area contributed by atoms with Crippen molar-refractivity contribution in [3.05, 3.63) is 101 Å². The molecule has 3 rings (SSSR count). The molecule has 2 aromatic carbocycles. The molecular formula is C26H30N6O4S. The number of aryl methyl sites for hydroxylation is 1. The molecule has 11 heteroatoms. The van der Waals surface area contributed by atoms with E-state index in [2.05, 4.69) is 20.3 Å². The van der Waals surface area contributed by atoms with Gasteiger partial charge in [0.25, 0.3) is 0 Å². The first-order valence-electron chi connectivity index (χ1n) is 11.6. The quantitative estimate of drug-likeness (QED) is 0.167. The van der Waals surface area contributed by atoms with E-state index in [1.165, 1.54) is 0 Å². The van der Waals surface area contributed by atoms with Crippen molar-refractivity contribution in [3.63, 3.8) is 0 Å². The first-order chi connectivity index (χ1) is 17.7. The summed E-state index contributed by atoms with van der Waals surface area (Å²) in [5, 5.41) is 12.6. The summed E-state index contributed by atoms with van der Waals surface area (Å²) in [5.74, 6) is -1.35. The van der Waals surface area contributed by atoms with Crippen LogP contribution in [0.4, 0.5) is 0 Å². The molecule has 0 bridgehead atoms. The van der Waals surface area contributed by atoms with Crippen molar-refractivity contribution >= 4 is 27.7 Å². The molecular weight excluding hydrogens is 492 g/mol. The highest BCUT2D eigenvalue weighted by Crippen LogP contribution is 2.09. The van der Waals surface area contributed by atoms with Gasteiger partial charge in [-0.1, -0.05) is 60.7 Å². The number of aromatic nitrogens is 1. The van der Waals surface area contributed by atoms with Crippen LogP contribution in [0.15, 0.2) is 79.0 Å². The first kappa shape index (κ1) is 27.5. The molecule has 0 aliphatic rings. The van der Waals surface area contributed by atoms with Crippen LogP contribution in [0.2, 0.25) is 0 Å². The maximum atomic E-state index is 12.9. The number of carbonyl (C=O) groups is 2. The predicted molar refractivity (Wildman–Crippen MR) is 141 cm³/mol. The lowest BCUT2D eigenvalue weighted by molar-refractivity contribution is -0.127. The Balaban J connectivity index is 1.57. The number of hydrogen-bond donors (Lipinski definition) is 5. The number of rotatable bonds is 13. The molecule has 6 N–H and O–H groups in total. The van der Waals surface area contributed by atoms with Gasteiger partial charge in [0.15, 0.2) is 0 Å². The third kappa shape index (κ3) is 9.47. The van der Waals surface area contributed by atoms with Crippen molar-refractivity contribution in [1.29, 1.82) is 5.41 Å². The van der Waals surface area contributed by atoms with Gasteiger partial charge in [-0.25, -0.2) is 13.1 Å². The largest absolute Gasteiger partial charge is 0.384 e. The molecule has 0 saturated heterocycles. The molecule has 37 heavy (non-hydrogen) atoms. The number of carbonyl (C=O) groups excluding carboxylic acids is 2. The average molecular weight is 523 g/mol. The van der Waals surface area contributed by atoms with E-state index >= 15 is 0 Å². The summed E-state index contributed by atoms with van der Waals surface area (Å²) in [6.45, 7) is -0.0927. The smallest absolute Gasteiger partial charge is 0.239 e. The fourth-order valence-electron chi connectivity index (χ4n) is 3.49. The lowest BCUT2D eigenvalue weighted by Crippen LogP contribution is -2.49. The van der Waals surface area contributed by atoms with E-state index in [4.69, 9.17) is 11.1 Å². The first-order valence-corrected chi connectivity index (χ1v) is 13.3. The molecule has 10 nitrogen and oxygen atoms in total. The summed E-state index contributed by atoms with van der Waals surface area (Å²) in [6.07, 6.45) is 2.16. The van der Waals surface area contributed by atoms with Gasteiger partial charge in [-0.15, -0.1) is 0 Å². The molecule has 1 heterocycles. The Bertz CT molecular complexity index is 1300. The zero-order valence-electron chi connectivity index (χ0n) is 20.2. The number of benzene rings is 2. The van der Waals surface area contributed by atoms with Crippen molar-refractivity contribution in [2.45, 2.75) is 31.2 Å². The van der Waals surface area contributed by atoms with Crippen molar-refractivity contribution < 1.29 is 18.0 Å². The third-order valence-corrected chi connectivity index (χ3v) is 6.79. The zero-order valence-corrected chi connectivity index (χ0v) is 21.0. The molecule has 0 spiro atoms. The molecule has 2 amide bonds. The monoisotopic (exact) mass is 522 g/mol. The Morgan fingerprint density at radius 2 is 1.62 bits per heavy atom. The van der Waals surface area contributed by atoms with Crippen LogP contribution in [0, 0.1) is 5.41 Å². The minimum Gasteiger partial charge on any atom is -0.384 e. The molecule has 1 aromatic heterocycles. The van der Waals surface area contributed by atoms with E-state index in [-0.39, 0.29) is 31.1 Å². The lowest BCUT2D eigenvalue weighted by Gasteiger charge is -2.18.